The molecule has 0 radical (unpaired) electrons. The number of hydrogen-bond acceptors (Lipinski definition) is 3. The van der Waals surface area contributed by atoms with Gasteiger partial charge in [-0.1, -0.05) is 29.8 Å². The molecule has 0 atom stereocenters. The minimum Gasteiger partial charge on any atom is -0.339 e. The lowest BCUT2D eigenvalue weighted by atomic mass is 10.0. The van der Waals surface area contributed by atoms with Gasteiger partial charge in [-0.3, -0.25) is 14.4 Å². The van der Waals surface area contributed by atoms with E-state index in [1.165, 1.54) is 0 Å². The van der Waals surface area contributed by atoms with Crippen molar-refractivity contribution in [2.45, 2.75) is 19.8 Å². The molecular weight excluding hydrogens is 316 g/mol. The van der Waals surface area contributed by atoms with Crippen molar-refractivity contribution in [1.29, 1.82) is 0 Å². The van der Waals surface area contributed by atoms with E-state index in [2.05, 4.69) is 0 Å². The minimum absolute atomic E-state index is 0.0192. The van der Waals surface area contributed by atoms with Crippen molar-refractivity contribution in [2.24, 2.45) is 0 Å². The number of hydrogen-bond donors (Lipinski definition) is 0. The molecular formula is C17H21ClN2O3. The topological polar surface area (TPSA) is 57.7 Å². The van der Waals surface area contributed by atoms with Gasteiger partial charge in [0.2, 0.25) is 11.8 Å². The minimum atomic E-state index is -0.103. The molecule has 0 aromatic heterocycles. The van der Waals surface area contributed by atoms with Gasteiger partial charge in [-0.25, -0.2) is 0 Å². The third-order valence-electron chi connectivity index (χ3n) is 4.04. The van der Waals surface area contributed by atoms with E-state index in [0.29, 0.717) is 31.7 Å². The Balaban J connectivity index is 1.78. The van der Waals surface area contributed by atoms with Crippen molar-refractivity contribution in [3.63, 3.8) is 0 Å². The second-order valence-corrected chi connectivity index (χ2v) is 5.95. The highest BCUT2D eigenvalue weighted by Crippen LogP contribution is 2.10. The van der Waals surface area contributed by atoms with Crippen LogP contribution in [0.1, 0.15) is 28.8 Å². The van der Waals surface area contributed by atoms with Crippen LogP contribution in [0.5, 0.6) is 0 Å². The number of amides is 2. The summed E-state index contributed by atoms with van der Waals surface area (Å²) >= 11 is 5.53. The molecule has 0 unspecified atom stereocenters. The quantitative estimate of drug-likeness (QED) is 0.609. The molecule has 2 amide bonds. The number of piperazine rings is 1. The molecule has 0 N–H and O–H groups in total. The van der Waals surface area contributed by atoms with E-state index < -0.39 is 0 Å². The molecule has 5 nitrogen and oxygen atoms in total. The van der Waals surface area contributed by atoms with E-state index in [1.807, 2.05) is 19.1 Å². The molecule has 124 valence electrons. The van der Waals surface area contributed by atoms with Crippen molar-refractivity contribution in [2.75, 3.05) is 32.1 Å². The van der Waals surface area contributed by atoms with Gasteiger partial charge >= 0.3 is 0 Å². The van der Waals surface area contributed by atoms with Gasteiger partial charge in [0.25, 0.3) is 0 Å². The lowest BCUT2D eigenvalue weighted by Crippen LogP contribution is -2.51. The van der Waals surface area contributed by atoms with Crippen LogP contribution in [0.25, 0.3) is 0 Å². The zero-order valence-electron chi connectivity index (χ0n) is 13.3. The highest BCUT2D eigenvalue weighted by atomic mass is 35.5. The van der Waals surface area contributed by atoms with Gasteiger partial charge in [0.1, 0.15) is 5.88 Å². The van der Waals surface area contributed by atoms with Crippen LogP contribution >= 0.6 is 11.6 Å². The van der Waals surface area contributed by atoms with Crippen molar-refractivity contribution in [1.82, 2.24) is 9.80 Å². The van der Waals surface area contributed by atoms with Gasteiger partial charge in [-0.15, -0.1) is 11.6 Å². The molecule has 0 aliphatic carbocycles. The molecule has 1 aliphatic heterocycles. The van der Waals surface area contributed by atoms with Crippen LogP contribution < -0.4 is 0 Å². The molecule has 0 saturated carbocycles. The van der Waals surface area contributed by atoms with E-state index in [-0.39, 0.29) is 36.3 Å². The Morgan fingerprint density at radius 1 is 0.913 bits per heavy atom. The first-order valence-corrected chi connectivity index (χ1v) is 8.26. The molecule has 23 heavy (non-hydrogen) atoms. The zero-order chi connectivity index (χ0) is 16.8. The number of aryl methyl sites for hydroxylation is 1. The summed E-state index contributed by atoms with van der Waals surface area (Å²) in [5, 5.41) is 0. The predicted octanol–water partition coefficient (Wildman–Crippen LogP) is 1.87. The SMILES string of the molecule is Cc1ccc(C(=O)CCC(=O)N2CCN(C(=O)CCl)CC2)cc1. The fourth-order valence-electron chi connectivity index (χ4n) is 2.55. The van der Waals surface area contributed by atoms with Crippen LogP contribution in [0.15, 0.2) is 24.3 Å². The van der Waals surface area contributed by atoms with Crippen molar-refractivity contribution in [3.8, 4) is 0 Å². The summed E-state index contributed by atoms with van der Waals surface area (Å²) in [6.45, 7) is 3.97. The molecule has 1 aliphatic rings. The van der Waals surface area contributed by atoms with Crippen LogP contribution in [-0.2, 0) is 9.59 Å². The summed E-state index contributed by atoms with van der Waals surface area (Å²) in [5.74, 6) is -0.190. The molecule has 1 fully saturated rings. The molecule has 0 spiro atoms. The van der Waals surface area contributed by atoms with Crippen molar-refractivity contribution in [3.05, 3.63) is 35.4 Å². The first-order chi connectivity index (χ1) is 11.0. The Kier molecular flexibility index (Phi) is 6.16. The predicted molar refractivity (Wildman–Crippen MR) is 88.6 cm³/mol. The molecule has 1 heterocycles. The average Bonchev–Trinajstić information content (AvgIpc) is 2.59. The van der Waals surface area contributed by atoms with E-state index in [9.17, 15) is 14.4 Å². The van der Waals surface area contributed by atoms with Gasteiger partial charge in [0, 0.05) is 44.6 Å². The number of carbonyl (C=O) groups is 3. The fourth-order valence-corrected chi connectivity index (χ4v) is 2.72. The summed E-state index contributed by atoms with van der Waals surface area (Å²) in [7, 11) is 0. The maximum absolute atomic E-state index is 12.2. The normalized spacial score (nSPS) is 14.7. The Labute approximate surface area is 141 Å². The number of benzene rings is 1. The number of halogens is 1. The molecule has 1 aromatic carbocycles. The number of carbonyl (C=O) groups excluding carboxylic acids is 3. The third-order valence-corrected chi connectivity index (χ3v) is 4.27. The van der Waals surface area contributed by atoms with E-state index >= 15 is 0 Å². The van der Waals surface area contributed by atoms with Crippen LogP contribution in [0, 0.1) is 6.92 Å². The summed E-state index contributed by atoms with van der Waals surface area (Å²) < 4.78 is 0. The molecule has 1 aromatic rings. The molecule has 0 bridgehead atoms. The van der Waals surface area contributed by atoms with E-state index in [1.54, 1.807) is 21.9 Å². The summed E-state index contributed by atoms with van der Waals surface area (Å²) in [6, 6.07) is 7.36. The second-order valence-electron chi connectivity index (χ2n) is 5.68. The van der Waals surface area contributed by atoms with Crippen LogP contribution in [0.3, 0.4) is 0 Å². The average molecular weight is 337 g/mol. The van der Waals surface area contributed by atoms with Crippen molar-refractivity contribution < 1.29 is 14.4 Å². The molecule has 1 saturated heterocycles. The Morgan fingerprint density at radius 2 is 1.43 bits per heavy atom. The summed E-state index contributed by atoms with van der Waals surface area (Å²) in [4.78, 5) is 39.1. The highest BCUT2D eigenvalue weighted by Gasteiger charge is 2.23. The fraction of sp³-hybridized carbons (Fsp3) is 0.471. The lowest BCUT2D eigenvalue weighted by Gasteiger charge is -2.34. The van der Waals surface area contributed by atoms with Gasteiger partial charge in [0.05, 0.1) is 0 Å². The van der Waals surface area contributed by atoms with Gasteiger partial charge < -0.3 is 9.80 Å². The van der Waals surface area contributed by atoms with Crippen LogP contribution in [0.4, 0.5) is 0 Å². The maximum atomic E-state index is 12.2. The largest absolute Gasteiger partial charge is 0.339 e. The van der Waals surface area contributed by atoms with E-state index in [4.69, 9.17) is 11.6 Å². The number of ketones is 1. The smallest absolute Gasteiger partial charge is 0.237 e. The van der Waals surface area contributed by atoms with E-state index in [0.717, 1.165) is 5.56 Å². The summed E-state index contributed by atoms with van der Waals surface area (Å²) in [5.41, 5.74) is 1.74. The zero-order valence-corrected chi connectivity index (χ0v) is 14.0. The Hall–Kier alpha value is -1.88. The van der Waals surface area contributed by atoms with Gasteiger partial charge in [-0.05, 0) is 6.92 Å². The number of alkyl halides is 1. The Morgan fingerprint density at radius 3 is 1.96 bits per heavy atom. The first kappa shape index (κ1) is 17.5. The van der Waals surface area contributed by atoms with Crippen LogP contribution in [-0.4, -0.2) is 59.5 Å². The standard InChI is InChI=1S/C17H21ClN2O3/c1-13-2-4-14(5-3-13)15(21)6-7-16(22)19-8-10-20(11-9-19)17(23)12-18/h2-5H,6-12H2,1H3. The van der Waals surface area contributed by atoms with Crippen LogP contribution in [0.2, 0.25) is 0 Å². The Bertz CT molecular complexity index is 578. The third kappa shape index (κ3) is 4.79. The number of nitrogens with zero attached hydrogens (tertiary/aromatic N) is 2. The second kappa shape index (κ2) is 8.11. The maximum Gasteiger partial charge on any atom is 0.237 e. The lowest BCUT2D eigenvalue weighted by molar-refractivity contribution is -0.138. The number of rotatable bonds is 5. The highest BCUT2D eigenvalue weighted by molar-refractivity contribution is 6.27. The number of Topliss-reactive ketones (excluding diaryl/α,β-unsaturated/α-hetero) is 1. The molecule has 6 heteroatoms. The summed E-state index contributed by atoms with van der Waals surface area (Å²) in [6.07, 6.45) is 0.416. The van der Waals surface area contributed by atoms with Gasteiger partial charge in [-0.2, -0.15) is 0 Å². The van der Waals surface area contributed by atoms with Gasteiger partial charge in [0.15, 0.2) is 5.78 Å². The first-order valence-electron chi connectivity index (χ1n) is 7.72. The monoisotopic (exact) mass is 336 g/mol. The van der Waals surface area contributed by atoms with Crippen molar-refractivity contribution >= 4 is 29.2 Å². The molecule has 2 rings (SSSR count).